The number of nitrogens with zero attached hydrogens (tertiary/aromatic N) is 2. The Kier molecular flexibility index (Phi) is 5.51. The molecular formula is C16H19ClN2O3. The van der Waals surface area contributed by atoms with Crippen molar-refractivity contribution in [3.8, 4) is 17.6 Å². The van der Waals surface area contributed by atoms with Gasteiger partial charge in [-0.15, -0.1) is 11.6 Å². The minimum absolute atomic E-state index is 0.0346. The van der Waals surface area contributed by atoms with E-state index in [1.54, 1.807) is 25.2 Å². The lowest BCUT2D eigenvalue weighted by molar-refractivity contribution is -0.133. The molecule has 22 heavy (non-hydrogen) atoms. The van der Waals surface area contributed by atoms with E-state index in [1.807, 2.05) is 6.07 Å². The van der Waals surface area contributed by atoms with Crippen LogP contribution in [0, 0.1) is 11.3 Å². The summed E-state index contributed by atoms with van der Waals surface area (Å²) < 4.78 is 10.6. The zero-order valence-electron chi connectivity index (χ0n) is 12.8. The number of nitriles is 1. The number of amides is 1. The van der Waals surface area contributed by atoms with Gasteiger partial charge in [0.2, 0.25) is 5.91 Å². The van der Waals surface area contributed by atoms with Gasteiger partial charge >= 0.3 is 0 Å². The zero-order valence-corrected chi connectivity index (χ0v) is 13.5. The molecular weight excluding hydrogens is 304 g/mol. The smallest absolute Gasteiger partial charge is 0.223 e. The summed E-state index contributed by atoms with van der Waals surface area (Å²) in [5.74, 6) is 1.61. The number of rotatable bonds is 5. The van der Waals surface area contributed by atoms with E-state index in [1.165, 1.54) is 0 Å². The van der Waals surface area contributed by atoms with Crippen molar-refractivity contribution in [3.63, 3.8) is 0 Å². The molecule has 0 aromatic heterocycles. The van der Waals surface area contributed by atoms with Crippen LogP contribution in [0.4, 0.5) is 0 Å². The fourth-order valence-corrected chi connectivity index (χ4v) is 2.85. The second-order valence-electron chi connectivity index (χ2n) is 5.07. The number of hydrogen-bond donors (Lipinski definition) is 0. The first-order chi connectivity index (χ1) is 10.7. The molecule has 1 heterocycles. The quantitative estimate of drug-likeness (QED) is 0.782. The van der Waals surface area contributed by atoms with Gasteiger partial charge in [0, 0.05) is 18.8 Å². The molecule has 0 N–H and O–H groups in total. The van der Waals surface area contributed by atoms with Crippen LogP contribution in [0.5, 0.6) is 11.5 Å². The molecule has 5 nitrogen and oxygen atoms in total. The van der Waals surface area contributed by atoms with Gasteiger partial charge < -0.3 is 14.4 Å². The van der Waals surface area contributed by atoms with E-state index in [9.17, 15) is 10.1 Å². The van der Waals surface area contributed by atoms with Crippen molar-refractivity contribution in [1.29, 1.82) is 5.26 Å². The maximum atomic E-state index is 12.3. The fourth-order valence-electron chi connectivity index (χ4n) is 2.72. The maximum Gasteiger partial charge on any atom is 0.223 e. The number of fused-ring (bicyclic) bond motifs is 1. The molecule has 118 valence electrons. The molecule has 0 aliphatic carbocycles. The number of hydrogen-bond acceptors (Lipinski definition) is 4. The number of benzene rings is 1. The largest absolute Gasteiger partial charge is 0.493 e. The Hall–Kier alpha value is -1.93. The highest BCUT2D eigenvalue weighted by Crippen LogP contribution is 2.38. The summed E-state index contributed by atoms with van der Waals surface area (Å²) in [6, 6.07) is 5.32. The Bertz CT molecular complexity index is 598. The van der Waals surface area contributed by atoms with Crippen LogP contribution >= 0.6 is 11.6 Å². The number of alkyl halides is 1. The van der Waals surface area contributed by atoms with Gasteiger partial charge in [-0.05, 0) is 36.1 Å². The predicted octanol–water partition coefficient (Wildman–Crippen LogP) is 2.67. The average Bonchev–Trinajstić information content (AvgIpc) is 2.56. The minimum Gasteiger partial charge on any atom is -0.493 e. The molecule has 1 aliphatic rings. The van der Waals surface area contributed by atoms with E-state index < -0.39 is 6.04 Å². The first-order valence-electron chi connectivity index (χ1n) is 7.16. The molecule has 2 rings (SSSR count). The zero-order chi connectivity index (χ0) is 16.1. The number of halogens is 1. The van der Waals surface area contributed by atoms with E-state index in [-0.39, 0.29) is 5.91 Å². The van der Waals surface area contributed by atoms with Gasteiger partial charge in [-0.2, -0.15) is 5.26 Å². The SMILES string of the molecule is COc1cc2c(cc1OC)C(C#N)N(C(=O)CCCCl)CC2. The molecule has 0 radical (unpaired) electrons. The summed E-state index contributed by atoms with van der Waals surface area (Å²) in [6.45, 7) is 0.530. The summed E-state index contributed by atoms with van der Waals surface area (Å²) in [7, 11) is 3.13. The van der Waals surface area contributed by atoms with Crippen LogP contribution in [0.15, 0.2) is 12.1 Å². The number of carbonyl (C=O) groups is 1. The standard InChI is InChI=1S/C16H19ClN2O3/c1-21-14-8-11-5-7-19(16(20)4-3-6-17)13(10-18)12(11)9-15(14)22-2/h8-9,13H,3-7H2,1-2H3. The first-order valence-corrected chi connectivity index (χ1v) is 7.69. The molecule has 0 bridgehead atoms. The molecule has 1 atom stereocenters. The molecule has 0 spiro atoms. The summed E-state index contributed by atoms with van der Waals surface area (Å²) in [5.41, 5.74) is 1.83. The van der Waals surface area contributed by atoms with E-state index in [0.29, 0.717) is 43.2 Å². The predicted molar refractivity (Wildman–Crippen MR) is 83.3 cm³/mol. The third-order valence-electron chi connectivity index (χ3n) is 3.84. The Morgan fingerprint density at radius 3 is 2.68 bits per heavy atom. The average molecular weight is 323 g/mol. The van der Waals surface area contributed by atoms with Crippen molar-refractivity contribution in [2.45, 2.75) is 25.3 Å². The van der Waals surface area contributed by atoms with Gasteiger partial charge in [0.25, 0.3) is 0 Å². The summed E-state index contributed by atoms with van der Waals surface area (Å²) in [5, 5.41) is 9.53. The van der Waals surface area contributed by atoms with Crippen molar-refractivity contribution < 1.29 is 14.3 Å². The van der Waals surface area contributed by atoms with E-state index in [0.717, 1.165) is 11.1 Å². The van der Waals surface area contributed by atoms with Crippen LogP contribution < -0.4 is 9.47 Å². The highest BCUT2D eigenvalue weighted by atomic mass is 35.5. The van der Waals surface area contributed by atoms with Crippen molar-refractivity contribution in [1.82, 2.24) is 4.90 Å². The van der Waals surface area contributed by atoms with Gasteiger partial charge in [0.15, 0.2) is 11.5 Å². The Balaban J connectivity index is 2.35. The van der Waals surface area contributed by atoms with Crippen LogP contribution in [0.25, 0.3) is 0 Å². The van der Waals surface area contributed by atoms with Crippen molar-refractivity contribution in [2.24, 2.45) is 0 Å². The lowest BCUT2D eigenvalue weighted by Gasteiger charge is -2.34. The van der Waals surface area contributed by atoms with Crippen LogP contribution in [0.1, 0.15) is 30.0 Å². The van der Waals surface area contributed by atoms with E-state index >= 15 is 0 Å². The molecule has 1 aromatic rings. The van der Waals surface area contributed by atoms with Gasteiger partial charge in [-0.25, -0.2) is 0 Å². The van der Waals surface area contributed by atoms with Gasteiger partial charge in [-0.3, -0.25) is 4.79 Å². The van der Waals surface area contributed by atoms with Crippen molar-refractivity contribution in [2.75, 3.05) is 26.6 Å². The summed E-state index contributed by atoms with van der Waals surface area (Å²) in [4.78, 5) is 13.9. The molecule has 1 aromatic carbocycles. The molecule has 1 aliphatic heterocycles. The summed E-state index contributed by atoms with van der Waals surface area (Å²) >= 11 is 5.64. The lowest BCUT2D eigenvalue weighted by Crippen LogP contribution is -2.39. The number of methoxy groups -OCH3 is 2. The number of carbonyl (C=O) groups excluding carboxylic acids is 1. The molecule has 1 unspecified atom stereocenters. The van der Waals surface area contributed by atoms with Crippen molar-refractivity contribution in [3.05, 3.63) is 23.3 Å². The Labute approximate surface area is 135 Å². The van der Waals surface area contributed by atoms with E-state index in [4.69, 9.17) is 21.1 Å². The summed E-state index contributed by atoms with van der Waals surface area (Å²) in [6.07, 6.45) is 1.68. The fraction of sp³-hybridized carbons (Fsp3) is 0.500. The topological polar surface area (TPSA) is 62.6 Å². The molecule has 0 saturated carbocycles. The maximum absolute atomic E-state index is 12.3. The molecule has 0 fully saturated rings. The molecule has 1 amide bonds. The van der Waals surface area contributed by atoms with Crippen LogP contribution in [0.3, 0.4) is 0 Å². The third kappa shape index (κ3) is 3.12. The first kappa shape index (κ1) is 16.4. The lowest BCUT2D eigenvalue weighted by atomic mass is 9.92. The third-order valence-corrected chi connectivity index (χ3v) is 4.11. The molecule has 0 saturated heterocycles. The van der Waals surface area contributed by atoms with Gasteiger partial charge in [-0.1, -0.05) is 0 Å². The highest BCUT2D eigenvalue weighted by Gasteiger charge is 2.31. The van der Waals surface area contributed by atoms with Crippen LogP contribution in [-0.4, -0.2) is 37.5 Å². The number of ether oxygens (including phenoxy) is 2. The van der Waals surface area contributed by atoms with Crippen molar-refractivity contribution >= 4 is 17.5 Å². The van der Waals surface area contributed by atoms with Crippen LogP contribution in [-0.2, 0) is 11.2 Å². The Morgan fingerprint density at radius 1 is 1.41 bits per heavy atom. The highest BCUT2D eigenvalue weighted by molar-refractivity contribution is 6.17. The normalized spacial score (nSPS) is 16.6. The Morgan fingerprint density at radius 2 is 2.09 bits per heavy atom. The van der Waals surface area contributed by atoms with E-state index in [2.05, 4.69) is 6.07 Å². The minimum atomic E-state index is -0.591. The monoisotopic (exact) mass is 322 g/mol. The second-order valence-corrected chi connectivity index (χ2v) is 5.45. The van der Waals surface area contributed by atoms with Crippen LogP contribution in [0.2, 0.25) is 0 Å². The van der Waals surface area contributed by atoms with Gasteiger partial charge in [0.05, 0.1) is 20.3 Å². The van der Waals surface area contributed by atoms with Gasteiger partial charge in [0.1, 0.15) is 6.04 Å². The molecule has 6 heteroatoms. The second kappa shape index (κ2) is 7.37.